The molecule has 0 fully saturated rings. The molecule has 2 aromatic carbocycles. The summed E-state index contributed by atoms with van der Waals surface area (Å²) in [7, 11) is 1.35. The Hall–Kier alpha value is -2.11. The van der Waals surface area contributed by atoms with E-state index in [0.29, 0.717) is 17.7 Å². The van der Waals surface area contributed by atoms with E-state index in [0.717, 1.165) is 0 Å². The highest BCUT2D eigenvalue weighted by atomic mass is 35.5. The molecule has 140 valence electrons. The number of nitrogens with one attached hydrogen (secondary N) is 1. The number of ether oxygens (including phenoxy) is 2. The summed E-state index contributed by atoms with van der Waals surface area (Å²) < 4.78 is 25.4. The van der Waals surface area contributed by atoms with Gasteiger partial charge < -0.3 is 14.8 Å². The van der Waals surface area contributed by atoms with Crippen molar-refractivity contribution in [3.05, 3.63) is 58.9 Å². The Morgan fingerprint density at radius 2 is 1.92 bits per heavy atom. The number of carbonyl (C=O) groups is 1. The molecule has 0 bridgehead atoms. The zero-order valence-electron chi connectivity index (χ0n) is 15.1. The van der Waals surface area contributed by atoms with E-state index in [9.17, 15) is 4.79 Å². The Morgan fingerprint density at radius 3 is 2.54 bits per heavy atom. The van der Waals surface area contributed by atoms with Gasteiger partial charge in [0.25, 0.3) is 0 Å². The normalized spacial score (nSPS) is 13.1. The molecule has 1 N–H and O–H groups in total. The van der Waals surface area contributed by atoms with Gasteiger partial charge in [-0.05, 0) is 31.5 Å². The topological polar surface area (TPSA) is 47.6 Å². The summed E-state index contributed by atoms with van der Waals surface area (Å²) in [5.41, 5.74) is 0.444. The van der Waals surface area contributed by atoms with Gasteiger partial charge in [-0.3, -0.25) is 4.79 Å². The average Bonchev–Trinajstić information content (AvgIpc) is 2.64. The molecule has 2 rings (SSSR count). The second kappa shape index (κ2) is 9.55. The summed E-state index contributed by atoms with van der Waals surface area (Å²) >= 11 is 6.15. The number of hydrogen-bond acceptors (Lipinski definition) is 4. The van der Waals surface area contributed by atoms with Crippen LogP contribution in [-0.2, 0) is 9.53 Å². The zero-order chi connectivity index (χ0) is 19.1. The zero-order valence-corrected chi connectivity index (χ0v) is 15.8. The largest absolute Gasteiger partial charge is 0.469 e. The molecule has 2 atom stereocenters. The smallest absolute Gasteiger partial charge is 0.307 e. The van der Waals surface area contributed by atoms with Gasteiger partial charge in [0.05, 0.1) is 18.6 Å². The lowest BCUT2D eigenvalue weighted by atomic mass is 10.0. The highest BCUT2D eigenvalue weighted by molar-refractivity contribution is 6.32. The summed E-state index contributed by atoms with van der Waals surface area (Å²) in [5, 5.41) is 3.46. The second-order valence-electron chi connectivity index (χ2n) is 6.00. The predicted octanol–water partition coefficient (Wildman–Crippen LogP) is 5.26. The van der Waals surface area contributed by atoms with Gasteiger partial charge in [-0.25, -0.2) is 4.39 Å². The molecule has 0 saturated heterocycles. The number of carbonyl (C=O) groups excluding carboxylic acids is 1. The Balaban J connectivity index is 2.24. The molecule has 0 aliphatic heterocycles. The first-order valence-electron chi connectivity index (χ1n) is 8.49. The minimum Gasteiger partial charge on any atom is -0.469 e. The van der Waals surface area contributed by atoms with Crippen LogP contribution in [0.3, 0.4) is 0 Å². The maximum Gasteiger partial charge on any atom is 0.307 e. The molecule has 0 aliphatic rings. The van der Waals surface area contributed by atoms with Crippen molar-refractivity contribution in [3.63, 3.8) is 0 Å². The van der Waals surface area contributed by atoms with Crippen LogP contribution >= 0.6 is 11.6 Å². The molecule has 6 heteroatoms. The van der Waals surface area contributed by atoms with E-state index < -0.39 is 5.82 Å². The third-order valence-corrected chi connectivity index (χ3v) is 4.31. The van der Waals surface area contributed by atoms with Crippen molar-refractivity contribution in [3.8, 4) is 11.5 Å². The number of rotatable bonds is 8. The lowest BCUT2D eigenvalue weighted by Gasteiger charge is -2.23. The minimum absolute atomic E-state index is 0.00348. The van der Waals surface area contributed by atoms with Gasteiger partial charge >= 0.3 is 5.97 Å². The van der Waals surface area contributed by atoms with E-state index in [-0.39, 0.29) is 35.2 Å². The van der Waals surface area contributed by atoms with Crippen LogP contribution in [0.4, 0.5) is 4.39 Å². The summed E-state index contributed by atoms with van der Waals surface area (Å²) in [5.74, 6) is -0.322. The van der Waals surface area contributed by atoms with Gasteiger partial charge in [0.2, 0.25) is 0 Å². The fourth-order valence-corrected chi connectivity index (χ4v) is 2.86. The number of para-hydroxylation sites is 1. The van der Waals surface area contributed by atoms with Gasteiger partial charge in [-0.15, -0.1) is 0 Å². The fraction of sp³-hybridized carbons (Fsp3) is 0.350. The first-order valence-corrected chi connectivity index (χ1v) is 8.87. The number of esters is 1. The van der Waals surface area contributed by atoms with Crippen LogP contribution in [0.5, 0.6) is 11.5 Å². The number of methoxy groups -OCH3 is 1. The highest BCUT2D eigenvalue weighted by Gasteiger charge is 2.22. The first kappa shape index (κ1) is 20.2. The molecule has 0 aromatic heterocycles. The van der Waals surface area contributed by atoms with Crippen molar-refractivity contribution >= 4 is 17.6 Å². The minimum atomic E-state index is -0.508. The lowest BCUT2D eigenvalue weighted by molar-refractivity contribution is -0.141. The third-order valence-electron chi connectivity index (χ3n) is 4.01. The van der Waals surface area contributed by atoms with Crippen LogP contribution in [0.2, 0.25) is 5.02 Å². The van der Waals surface area contributed by atoms with E-state index in [2.05, 4.69) is 10.1 Å². The van der Waals surface area contributed by atoms with Crippen LogP contribution in [0, 0.1) is 5.82 Å². The number of halogens is 2. The van der Waals surface area contributed by atoms with Gasteiger partial charge in [0, 0.05) is 17.6 Å². The quantitative estimate of drug-likeness (QED) is 0.635. The van der Waals surface area contributed by atoms with Gasteiger partial charge in [0.1, 0.15) is 5.75 Å². The third kappa shape index (κ3) is 5.19. The maximum atomic E-state index is 15.1. The van der Waals surface area contributed by atoms with Crippen LogP contribution in [0.25, 0.3) is 0 Å². The molecule has 4 nitrogen and oxygen atoms in total. The number of hydrogen-bond donors (Lipinski definition) is 1. The Kier molecular flexibility index (Phi) is 7.42. The molecule has 2 aromatic rings. The molecule has 1 unspecified atom stereocenters. The molecule has 0 amide bonds. The van der Waals surface area contributed by atoms with E-state index >= 15 is 4.39 Å². The van der Waals surface area contributed by atoms with Crippen LogP contribution in [0.15, 0.2) is 42.5 Å². The molecule has 0 radical (unpaired) electrons. The molecule has 0 saturated carbocycles. The Labute approximate surface area is 158 Å². The molecule has 0 spiro atoms. The molecular weight excluding hydrogens is 357 g/mol. The van der Waals surface area contributed by atoms with Gasteiger partial charge in [-0.1, -0.05) is 42.8 Å². The fourth-order valence-electron chi connectivity index (χ4n) is 2.68. The van der Waals surface area contributed by atoms with Crippen molar-refractivity contribution in [1.82, 2.24) is 5.32 Å². The van der Waals surface area contributed by atoms with Crippen molar-refractivity contribution < 1.29 is 18.7 Å². The molecule has 0 heterocycles. The van der Waals surface area contributed by atoms with Crippen molar-refractivity contribution in [2.45, 2.75) is 38.8 Å². The lowest BCUT2D eigenvalue weighted by Crippen LogP contribution is -2.33. The van der Waals surface area contributed by atoms with Crippen molar-refractivity contribution in [2.75, 3.05) is 7.11 Å². The molecular formula is C20H23ClFNO3. The Morgan fingerprint density at radius 1 is 1.23 bits per heavy atom. The summed E-state index contributed by atoms with van der Waals surface area (Å²) in [6.45, 7) is 3.79. The highest BCUT2D eigenvalue weighted by Crippen LogP contribution is 2.36. The Bertz CT molecular complexity index is 739. The van der Waals surface area contributed by atoms with E-state index in [1.807, 2.05) is 19.9 Å². The molecule has 0 aliphatic carbocycles. The van der Waals surface area contributed by atoms with E-state index in [1.54, 1.807) is 36.4 Å². The van der Waals surface area contributed by atoms with Crippen LogP contribution in [-0.4, -0.2) is 19.1 Å². The second-order valence-corrected chi connectivity index (χ2v) is 6.41. The predicted molar refractivity (Wildman–Crippen MR) is 100 cm³/mol. The van der Waals surface area contributed by atoms with E-state index in [4.69, 9.17) is 16.3 Å². The standard InChI is InChI=1S/C20H23ClFNO3/c1-4-17(23-13(2)12-18(24)25-3)15-10-11-16(21)20(19(15)22)26-14-8-6-5-7-9-14/h5-11,13,17,23H,4,12H2,1-3H3/t13?,17-/m1/s1. The average molecular weight is 380 g/mol. The van der Waals surface area contributed by atoms with Crippen LogP contribution < -0.4 is 10.1 Å². The summed E-state index contributed by atoms with van der Waals surface area (Å²) in [6, 6.07) is 11.7. The SMILES string of the molecule is CC[C@@H](NC(C)CC(=O)OC)c1ccc(Cl)c(Oc2ccccc2)c1F. The summed E-state index contributed by atoms with van der Waals surface area (Å²) in [4.78, 5) is 11.4. The summed E-state index contributed by atoms with van der Waals surface area (Å²) in [6.07, 6.45) is 0.838. The monoisotopic (exact) mass is 379 g/mol. The van der Waals surface area contributed by atoms with Crippen molar-refractivity contribution in [1.29, 1.82) is 0 Å². The maximum absolute atomic E-state index is 15.1. The van der Waals surface area contributed by atoms with Gasteiger partial charge in [0.15, 0.2) is 11.6 Å². The van der Waals surface area contributed by atoms with Crippen LogP contribution in [0.1, 0.15) is 38.3 Å². The molecule has 26 heavy (non-hydrogen) atoms. The van der Waals surface area contributed by atoms with Gasteiger partial charge in [-0.2, -0.15) is 0 Å². The number of benzene rings is 2. The van der Waals surface area contributed by atoms with E-state index in [1.165, 1.54) is 7.11 Å². The first-order chi connectivity index (χ1) is 12.5. The van der Waals surface area contributed by atoms with Crippen molar-refractivity contribution in [2.24, 2.45) is 0 Å².